The first-order valence-electron chi connectivity index (χ1n) is 6.39. The second-order valence-electron chi connectivity index (χ2n) is 4.65. The monoisotopic (exact) mass is 244 g/mol. The van der Waals surface area contributed by atoms with E-state index in [1.165, 1.54) is 11.1 Å². The Balaban J connectivity index is 1.70. The van der Waals surface area contributed by atoms with Crippen LogP contribution in [0.1, 0.15) is 18.4 Å². The summed E-state index contributed by atoms with van der Waals surface area (Å²) >= 11 is 0. The van der Waals surface area contributed by atoms with Crippen LogP contribution in [0.15, 0.2) is 47.2 Å². The molecule has 96 valence electrons. The SMILES string of the molecule is CN1CCC(=CO/C=N/Cc2ccccc2)CC1. The van der Waals surface area contributed by atoms with Gasteiger partial charge in [0, 0.05) is 13.1 Å². The summed E-state index contributed by atoms with van der Waals surface area (Å²) in [6, 6.07) is 10.2. The van der Waals surface area contributed by atoms with Gasteiger partial charge in [0.05, 0.1) is 12.8 Å². The minimum absolute atomic E-state index is 0.673. The lowest BCUT2D eigenvalue weighted by atomic mass is 10.1. The molecular formula is C15H20N2O. The molecule has 0 bridgehead atoms. The number of nitrogens with zero attached hydrogens (tertiary/aromatic N) is 2. The van der Waals surface area contributed by atoms with Crippen LogP contribution in [0, 0.1) is 0 Å². The summed E-state index contributed by atoms with van der Waals surface area (Å²) in [5.74, 6) is 0. The van der Waals surface area contributed by atoms with Crippen LogP contribution in [0.2, 0.25) is 0 Å². The van der Waals surface area contributed by atoms with Crippen molar-refractivity contribution in [3.05, 3.63) is 47.7 Å². The Morgan fingerprint density at radius 2 is 1.94 bits per heavy atom. The highest BCUT2D eigenvalue weighted by Gasteiger charge is 2.09. The fourth-order valence-electron chi connectivity index (χ4n) is 1.92. The van der Waals surface area contributed by atoms with Gasteiger partial charge in [0.15, 0.2) is 6.40 Å². The van der Waals surface area contributed by atoms with Gasteiger partial charge in [0.1, 0.15) is 0 Å². The number of hydrogen-bond donors (Lipinski definition) is 0. The van der Waals surface area contributed by atoms with Gasteiger partial charge in [0.2, 0.25) is 0 Å². The summed E-state index contributed by atoms with van der Waals surface area (Å²) in [6.07, 6.45) is 5.59. The van der Waals surface area contributed by atoms with E-state index < -0.39 is 0 Å². The number of benzene rings is 1. The smallest absolute Gasteiger partial charge is 0.176 e. The fraction of sp³-hybridized carbons (Fsp3) is 0.400. The summed E-state index contributed by atoms with van der Waals surface area (Å²) in [5.41, 5.74) is 2.57. The minimum Gasteiger partial charge on any atom is -0.454 e. The van der Waals surface area contributed by atoms with Crippen molar-refractivity contribution in [3.8, 4) is 0 Å². The molecule has 18 heavy (non-hydrogen) atoms. The Labute approximate surface area is 109 Å². The second-order valence-corrected chi connectivity index (χ2v) is 4.65. The molecule has 0 unspecified atom stereocenters. The average Bonchev–Trinajstić information content (AvgIpc) is 2.42. The number of likely N-dealkylation sites (tertiary alicyclic amines) is 1. The topological polar surface area (TPSA) is 24.8 Å². The van der Waals surface area contributed by atoms with Crippen LogP contribution in [-0.2, 0) is 11.3 Å². The van der Waals surface area contributed by atoms with E-state index in [1.54, 1.807) is 6.40 Å². The molecular weight excluding hydrogens is 224 g/mol. The maximum Gasteiger partial charge on any atom is 0.176 e. The first kappa shape index (κ1) is 12.8. The summed E-state index contributed by atoms with van der Waals surface area (Å²) in [4.78, 5) is 6.57. The van der Waals surface area contributed by atoms with Crippen molar-refractivity contribution in [2.45, 2.75) is 19.4 Å². The molecule has 3 nitrogen and oxygen atoms in total. The molecule has 0 aliphatic carbocycles. The third kappa shape index (κ3) is 4.34. The molecule has 0 saturated carbocycles. The fourth-order valence-corrected chi connectivity index (χ4v) is 1.92. The second kappa shape index (κ2) is 6.97. The number of ether oxygens (including phenoxy) is 1. The van der Waals surface area contributed by atoms with Crippen LogP contribution in [0.3, 0.4) is 0 Å². The highest BCUT2D eigenvalue weighted by molar-refractivity contribution is 5.47. The zero-order valence-corrected chi connectivity index (χ0v) is 10.9. The normalized spacial score (nSPS) is 17.1. The van der Waals surface area contributed by atoms with E-state index in [2.05, 4.69) is 29.1 Å². The van der Waals surface area contributed by atoms with Crippen LogP contribution in [0.4, 0.5) is 0 Å². The maximum absolute atomic E-state index is 5.36. The van der Waals surface area contributed by atoms with Crippen LogP contribution >= 0.6 is 0 Å². The maximum atomic E-state index is 5.36. The van der Waals surface area contributed by atoms with Gasteiger partial charge in [-0.2, -0.15) is 0 Å². The summed E-state index contributed by atoms with van der Waals surface area (Å²) in [5, 5.41) is 0. The predicted octanol–water partition coefficient (Wildman–Crippen LogP) is 2.84. The van der Waals surface area contributed by atoms with Crippen LogP contribution in [-0.4, -0.2) is 31.4 Å². The minimum atomic E-state index is 0.673. The zero-order valence-electron chi connectivity index (χ0n) is 10.9. The van der Waals surface area contributed by atoms with Crippen molar-refractivity contribution in [1.29, 1.82) is 0 Å². The van der Waals surface area contributed by atoms with Gasteiger partial charge in [-0.25, -0.2) is 0 Å². The van der Waals surface area contributed by atoms with E-state index >= 15 is 0 Å². The predicted molar refractivity (Wildman–Crippen MR) is 74.5 cm³/mol. The number of hydrogen-bond acceptors (Lipinski definition) is 3. The standard InChI is InChI=1S/C15H20N2O/c1-17-9-7-15(8-10-17)12-18-13-16-11-14-5-3-2-4-6-14/h2-6,12-13H,7-11H2,1H3/b16-13+. The van der Waals surface area contributed by atoms with Crippen molar-refractivity contribution in [2.75, 3.05) is 20.1 Å². The van der Waals surface area contributed by atoms with Gasteiger partial charge in [-0.1, -0.05) is 30.3 Å². The largest absolute Gasteiger partial charge is 0.454 e. The molecule has 1 aliphatic rings. The number of rotatable bonds is 4. The third-order valence-electron chi connectivity index (χ3n) is 3.12. The van der Waals surface area contributed by atoms with Crippen molar-refractivity contribution in [3.63, 3.8) is 0 Å². The lowest BCUT2D eigenvalue weighted by Gasteiger charge is -2.23. The Morgan fingerprint density at radius 1 is 1.22 bits per heavy atom. The van der Waals surface area contributed by atoms with Crippen molar-refractivity contribution >= 4 is 6.40 Å². The highest BCUT2D eigenvalue weighted by atomic mass is 16.5. The Morgan fingerprint density at radius 3 is 2.67 bits per heavy atom. The molecule has 0 atom stereocenters. The zero-order chi connectivity index (χ0) is 12.6. The lowest BCUT2D eigenvalue weighted by molar-refractivity contribution is 0.307. The lowest BCUT2D eigenvalue weighted by Crippen LogP contribution is -2.26. The molecule has 1 fully saturated rings. The number of aliphatic imine (C=N–C) groups is 1. The quantitative estimate of drug-likeness (QED) is 0.462. The van der Waals surface area contributed by atoms with E-state index in [0.29, 0.717) is 6.54 Å². The van der Waals surface area contributed by atoms with E-state index in [0.717, 1.165) is 25.9 Å². The van der Waals surface area contributed by atoms with Crippen molar-refractivity contribution in [1.82, 2.24) is 4.90 Å². The Kier molecular flexibility index (Phi) is 4.97. The van der Waals surface area contributed by atoms with Gasteiger partial charge >= 0.3 is 0 Å². The molecule has 1 aliphatic heterocycles. The molecule has 0 aromatic heterocycles. The van der Waals surface area contributed by atoms with Gasteiger partial charge in [-0.3, -0.25) is 4.99 Å². The highest BCUT2D eigenvalue weighted by Crippen LogP contribution is 2.14. The van der Waals surface area contributed by atoms with Crippen LogP contribution < -0.4 is 0 Å². The Hall–Kier alpha value is -1.61. The molecule has 3 heteroatoms. The summed E-state index contributed by atoms with van der Waals surface area (Å²) in [6.45, 7) is 2.92. The van der Waals surface area contributed by atoms with E-state index in [1.807, 2.05) is 24.5 Å². The summed E-state index contributed by atoms with van der Waals surface area (Å²) in [7, 11) is 2.15. The first-order valence-corrected chi connectivity index (χ1v) is 6.39. The van der Waals surface area contributed by atoms with Gasteiger partial charge in [-0.05, 0) is 31.0 Å². The molecule has 1 heterocycles. The molecule has 2 rings (SSSR count). The molecule has 1 saturated heterocycles. The van der Waals surface area contributed by atoms with Gasteiger partial charge < -0.3 is 9.64 Å². The molecule has 1 aromatic carbocycles. The van der Waals surface area contributed by atoms with Gasteiger partial charge in [-0.15, -0.1) is 0 Å². The molecule has 0 amide bonds. The number of piperidine rings is 1. The van der Waals surface area contributed by atoms with E-state index in [9.17, 15) is 0 Å². The first-order chi connectivity index (χ1) is 8.84. The molecule has 0 radical (unpaired) electrons. The van der Waals surface area contributed by atoms with E-state index in [-0.39, 0.29) is 0 Å². The average molecular weight is 244 g/mol. The van der Waals surface area contributed by atoms with Crippen molar-refractivity contribution in [2.24, 2.45) is 4.99 Å². The van der Waals surface area contributed by atoms with Gasteiger partial charge in [0.25, 0.3) is 0 Å². The van der Waals surface area contributed by atoms with Crippen LogP contribution in [0.5, 0.6) is 0 Å². The van der Waals surface area contributed by atoms with E-state index in [4.69, 9.17) is 4.74 Å². The molecule has 0 spiro atoms. The van der Waals surface area contributed by atoms with Crippen molar-refractivity contribution < 1.29 is 4.74 Å². The molecule has 1 aromatic rings. The Bertz CT molecular complexity index is 402. The summed E-state index contributed by atoms with van der Waals surface area (Å²) < 4.78 is 5.36. The third-order valence-corrected chi connectivity index (χ3v) is 3.12. The molecule has 0 N–H and O–H groups in total. The van der Waals surface area contributed by atoms with Crippen LogP contribution in [0.25, 0.3) is 0 Å².